The number of hydrogen-bond acceptors (Lipinski definition) is 4. The topological polar surface area (TPSA) is 42.7 Å². The first kappa shape index (κ1) is 21.5. The number of thiazole rings is 1. The third kappa shape index (κ3) is 5.12. The van der Waals surface area contributed by atoms with E-state index < -0.39 is 0 Å². The van der Waals surface area contributed by atoms with Crippen LogP contribution in [0, 0.1) is 13.8 Å². The number of aryl methyl sites for hydroxylation is 2. The van der Waals surface area contributed by atoms with Gasteiger partial charge in [0, 0.05) is 39.8 Å². The van der Waals surface area contributed by atoms with Gasteiger partial charge in [-0.15, -0.1) is 23.7 Å². The molecule has 1 aromatic carbocycles. The highest BCUT2D eigenvalue weighted by atomic mass is 35.5. The molecule has 1 N–H and O–H groups in total. The number of nitrogens with one attached hydrogen (secondary N) is 1. The molecule has 0 aliphatic rings. The van der Waals surface area contributed by atoms with Gasteiger partial charge in [0.25, 0.3) is 0 Å². The molecule has 0 saturated heterocycles. The number of benzene rings is 1. The molecule has 3 aromatic rings. The summed E-state index contributed by atoms with van der Waals surface area (Å²) >= 11 is 20.4. The molecule has 4 nitrogen and oxygen atoms in total. The summed E-state index contributed by atoms with van der Waals surface area (Å²) in [6, 6.07) is 5.42. The number of aromatic nitrogens is 3. The first-order valence-corrected chi connectivity index (χ1v) is 9.73. The molecule has 0 saturated carbocycles. The molecule has 2 aromatic heterocycles. The van der Waals surface area contributed by atoms with Gasteiger partial charge in [-0.3, -0.25) is 0 Å². The molecule has 0 aliphatic heterocycles. The van der Waals surface area contributed by atoms with E-state index in [9.17, 15) is 0 Å². The second-order valence-electron chi connectivity index (χ2n) is 5.73. The second-order valence-corrected chi connectivity index (χ2v) is 7.88. The van der Waals surface area contributed by atoms with Crippen LogP contribution in [0.15, 0.2) is 23.6 Å². The minimum atomic E-state index is 0. The molecule has 140 valence electrons. The highest BCUT2D eigenvalue weighted by molar-refractivity contribution is 7.09. The van der Waals surface area contributed by atoms with Gasteiger partial charge in [0.15, 0.2) is 0 Å². The van der Waals surface area contributed by atoms with Gasteiger partial charge in [-0.05, 0) is 31.5 Å². The van der Waals surface area contributed by atoms with Crippen LogP contribution in [0.5, 0.6) is 0 Å². The third-order valence-corrected chi connectivity index (χ3v) is 5.74. The van der Waals surface area contributed by atoms with Crippen molar-refractivity contribution in [3.05, 3.63) is 66.3 Å². The van der Waals surface area contributed by atoms with Crippen molar-refractivity contribution in [2.75, 3.05) is 0 Å². The zero-order valence-corrected chi connectivity index (χ0v) is 18.1. The number of nitrogens with zero attached hydrogens (tertiary/aromatic N) is 3. The standard InChI is InChI=1S/C17H17Cl3N4S.ClH/c1-10-9-25-16(22-10)7-21-6-14-11(2)23-24(17(14)20)8-12-3-4-13(18)5-15(12)19;/h3-5,9,21H,6-8H2,1-2H3;1H. The van der Waals surface area contributed by atoms with Crippen molar-refractivity contribution in [2.45, 2.75) is 33.5 Å². The van der Waals surface area contributed by atoms with E-state index in [2.05, 4.69) is 15.4 Å². The van der Waals surface area contributed by atoms with E-state index in [-0.39, 0.29) is 12.4 Å². The maximum atomic E-state index is 6.53. The molecule has 0 atom stereocenters. The minimum Gasteiger partial charge on any atom is -0.306 e. The first-order chi connectivity index (χ1) is 11.9. The number of hydrogen-bond donors (Lipinski definition) is 1. The molecule has 0 amide bonds. The van der Waals surface area contributed by atoms with Crippen LogP contribution < -0.4 is 5.32 Å². The average molecular weight is 452 g/mol. The number of halogens is 4. The van der Waals surface area contributed by atoms with Gasteiger partial charge in [-0.25, -0.2) is 9.67 Å². The van der Waals surface area contributed by atoms with Crippen molar-refractivity contribution in [1.82, 2.24) is 20.1 Å². The molecule has 9 heteroatoms. The van der Waals surface area contributed by atoms with E-state index >= 15 is 0 Å². The van der Waals surface area contributed by atoms with Crippen molar-refractivity contribution in [1.29, 1.82) is 0 Å². The zero-order valence-electron chi connectivity index (χ0n) is 14.2. The van der Waals surface area contributed by atoms with E-state index in [0.29, 0.717) is 34.8 Å². The lowest BCUT2D eigenvalue weighted by Crippen LogP contribution is -2.13. The lowest BCUT2D eigenvalue weighted by atomic mass is 10.2. The van der Waals surface area contributed by atoms with E-state index in [1.165, 1.54) is 0 Å². The molecular weight excluding hydrogens is 434 g/mol. The van der Waals surface area contributed by atoms with Crippen LogP contribution in [0.2, 0.25) is 15.2 Å². The van der Waals surface area contributed by atoms with E-state index in [1.54, 1.807) is 22.1 Å². The van der Waals surface area contributed by atoms with Crippen LogP contribution in [0.1, 0.15) is 27.5 Å². The fraction of sp³-hybridized carbons (Fsp3) is 0.294. The van der Waals surface area contributed by atoms with Gasteiger partial charge in [-0.1, -0.05) is 40.9 Å². The summed E-state index contributed by atoms with van der Waals surface area (Å²) in [7, 11) is 0. The quantitative estimate of drug-likeness (QED) is 0.524. The number of rotatable bonds is 6. The van der Waals surface area contributed by atoms with E-state index in [1.807, 2.05) is 31.4 Å². The lowest BCUT2D eigenvalue weighted by Gasteiger charge is -2.07. The zero-order chi connectivity index (χ0) is 18.0. The summed E-state index contributed by atoms with van der Waals surface area (Å²) in [5, 5.41) is 12.9. The summed E-state index contributed by atoms with van der Waals surface area (Å²) in [6.45, 7) is 5.80. The molecule has 0 bridgehead atoms. The molecule has 0 spiro atoms. The van der Waals surface area contributed by atoms with Crippen molar-refractivity contribution >= 4 is 58.5 Å². The van der Waals surface area contributed by atoms with Gasteiger partial charge in [0.1, 0.15) is 10.2 Å². The molecule has 2 heterocycles. The SMILES string of the molecule is Cc1csc(CNCc2c(C)nn(Cc3ccc(Cl)cc3Cl)c2Cl)n1.Cl. The van der Waals surface area contributed by atoms with E-state index in [0.717, 1.165) is 27.5 Å². The van der Waals surface area contributed by atoms with Crippen molar-refractivity contribution in [3.63, 3.8) is 0 Å². The van der Waals surface area contributed by atoms with Crippen LogP contribution in [0.4, 0.5) is 0 Å². The summed E-state index contributed by atoms with van der Waals surface area (Å²) in [4.78, 5) is 4.44. The molecule has 0 radical (unpaired) electrons. The Morgan fingerprint density at radius 1 is 1.15 bits per heavy atom. The van der Waals surface area contributed by atoms with E-state index in [4.69, 9.17) is 34.8 Å². The Morgan fingerprint density at radius 3 is 2.58 bits per heavy atom. The monoisotopic (exact) mass is 450 g/mol. The highest BCUT2D eigenvalue weighted by Gasteiger charge is 2.14. The van der Waals surface area contributed by atoms with Crippen LogP contribution in [0.3, 0.4) is 0 Å². The van der Waals surface area contributed by atoms with Crippen molar-refractivity contribution in [2.24, 2.45) is 0 Å². The smallest absolute Gasteiger partial charge is 0.132 e. The lowest BCUT2D eigenvalue weighted by molar-refractivity contribution is 0.675. The van der Waals surface area contributed by atoms with Crippen molar-refractivity contribution < 1.29 is 0 Å². The van der Waals surface area contributed by atoms with Crippen LogP contribution in [-0.2, 0) is 19.6 Å². The van der Waals surface area contributed by atoms with Gasteiger partial charge in [0.05, 0.1) is 12.2 Å². The average Bonchev–Trinajstić information content (AvgIpc) is 3.08. The van der Waals surface area contributed by atoms with Gasteiger partial charge in [-0.2, -0.15) is 5.10 Å². The summed E-state index contributed by atoms with van der Waals surface area (Å²) in [5.41, 5.74) is 3.86. The fourth-order valence-corrected chi connectivity index (χ4v) is 4.00. The Morgan fingerprint density at radius 2 is 1.92 bits per heavy atom. The Hall–Kier alpha value is -0.820. The Bertz CT molecular complexity index is 891. The largest absolute Gasteiger partial charge is 0.306 e. The molecule has 0 aliphatic carbocycles. The molecular formula is C17H18Cl4N4S. The first-order valence-electron chi connectivity index (χ1n) is 7.71. The molecule has 0 unspecified atom stereocenters. The van der Waals surface area contributed by atoms with Crippen LogP contribution >= 0.6 is 58.5 Å². The maximum Gasteiger partial charge on any atom is 0.132 e. The fourth-order valence-electron chi connectivity index (χ4n) is 2.49. The normalized spacial score (nSPS) is 10.8. The second kappa shape index (κ2) is 9.40. The third-order valence-electron chi connectivity index (χ3n) is 3.76. The van der Waals surface area contributed by atoms with Gasteiger partial charge >= 0.3 is 0 Å². The minimum absolute atomic E-state index is 0. The summed E-state index contributed by atoms with van der Waals surface area (Å²) < 4.78 is 1.76. The Labute approximate surface area is 177 Å². The molecule has 26 heavy (non-hydrogen) atoms. The Balaban J connectivity index is 0.00000243. The van der Waals surface area contributed by atoms with Crippen LogP contribution in [0.25, 0.3) is 0 Å². The Kier molecular flexibility index (Phi) is 7.76. The van der Waals surface area contributed by atoms with Gasteiger partial charge < -0.3 is 5.32 Å². The van der Waals surface area contributed by atoms with Gasteiger partial charge in [0.2, 0.25) is 0 Å². The predicted octanol–water partition coefficient (Wildman–Crippen LogP) is 5.68. The molecule has 3 rings (SSSR count). The summed E-state index contributed by atoms with van der Waals surface area (Å²) in [6.07, 6.45) is 0. The predicted molar refractivity (Wildman–Crippen MR) is 112 cm³/mol. The summed E-state index contributed by atoms with van der Waals surface area (Å²) in [5.74, 6) is 0. The molecule has 0 fully saturated rings. The van der Waals surface area contributed by atoms with Crippen molar-refractivity contribution in [3.8, 4) is 0 Å². The maximum absolute atomic E-state index is 6.53. The highest BCUT2D eigenvalue weighted by Crippen LogP contribution is 2.25. The van der Waals surface area contributed by atoms with Crippen LogP contribution in [-0.4, -0.2) is 14.8 Å².